The molecule has 0 saturated carbocycles. The van der Waals surface area contributed by atoms with Gasteiger partial charge in [-0.3, -0.25) is 14.5 Å². The number of benzene rings is 2. The van der Waals surface area contributed by atoms with Gasteiger partial charge in [0, 0.05) is 35.6 Å². The number of carbonyl (C=O) groups is 1. The molecule has 2 aromatic carbocycles. The zero-order valence-electron chi connectivity index (χ0n) is 22.5. The Hall–Kier alpha value is -4.66. The van der Waals surface area contributed by atoms with Gasteiger partial charge < -0.3 is 10.1 Å². The Kier molecular flexibility index (Phi) is 6.82. The number of hydrogen-bond donors (Lipinski definition) is 1. The lowest BCUT2D eigenvalue weighted by atomic mass is 10.0. The van der Waals surface area contributed by atoms with E-state index in [4.69, 9.17) is 4.74 Å². The molecule has 9 heteroatoms. The van der Waals surface area contributed by atoms with Crippen molar-refractivity contribution in [2.75, 3.05) is 5.32 Å². The number of ether oxygens (including phenoxy) is 1. The minimum absolute atomic E-state index is 0.118. The molecule has 0 saturated heterocycles. The number of anilines is 1. The Morgan fingerprint density at radius 1 is 1.03 bits per heavy atom. The highest BCUT2D eigenvalue weighted by molar-refractivity contribution is 5.92. The summed E-state index contributed by atoms with van der Waals surface area (Å²) in [5, 5.41) is 16.1. The van der Waals surface area contributed by atoms with Gasteiger partial charge in [-0.2, -0.15) is 15.3 Å². The number of aryl methyl sites for hydroxylation is 2. The lowest BCUT2D eigenvalue weighted by molar-refractivity contribution is -0.115. The molecule has 0 aliphatic heterocycles. The molecule has 0 atom stereocenters. The fourth-order valence-corrected chi connectivity index (χ4v) is 4.26. The maximum Gasteiger partial charge on any atom is 0.228 e. The van der Waals surface area contributed by atoms with Crippen molar-refractivity contribution in [1.29, 1.82) is 0 Å². The molecule has 8 nitrogen and oxygen atoms in total. The molecule has 0 aliphatic carbocycles. The van der Waals surface area contributed by atoms with E-state index in [1.165, 1.54) is 6.07 Å². The van der Waals surface area contributed by atoms with Crippen LogP contribution in [0.5, 0.6) is 11.5 Å². The first-order chi connectivity index (χ1) is 18.6. The Labute approximate surface area is 225 Å². The van der Waals surface area contributed by atoms with Gasteiger partial charge in [0.05, 0.1) is 35.1 Å². The second-order valence-electron chi connectivity index (χ2n) is 10.5. The van der Waals surface area contributed by atoms with E-state index in [2.05, 4.69) is 25.6 Å². The van der Waals surface area contributed by atoms with Crippen molar-refractivity contribution in [3.8, 4) is 22.8 Å². The standard InChI is InChI=1S/C30H29FN6O2/c1-18-8-11-33-36-29(18)20-6-7-25-23(13-20)26(9-10-32-25)39-27-15-24(31)21(12-19(27)2)14-28(38)35-22-16-34-37(17-22)30(3,4)5/h6-13,15-17H,14H2,1-5H3,(H,35,38). The van der Waals surface area contributed by atoms with Crippen LogP contribution in [0, 0.1) is 19.7 Å². The first-order valence-corrected chi connectivity index (χ1v) is 12.6. The first-order valence-electron chi connectivity index (χ1n) is 12.6. The van der Waals surface area contributed by atoms with Crippen LogP contribution in [-0.2, 0) is 16.8 Å². The van der Waals surface area contributed by atoms with Crippen LogP contribution in [0.3, 0.4) is 0 Å². The third-order valence-electron chi connectivity index (χ3n) is 6.37. The third kappa shape index (κ3) is 5.62. The second kappa shape index (κ2) is 10.2. The fourth-order valence-electron chi connectivity index (χ4n) is 4.26. The van der Waals surface area contributed by atoms with Gasteiger partial charge in [-0.05, 0) is 81.6 Å². The van der Waals surface area contributed by atoms with Gasteiger partial charge in [0.25, 0.3) is 0 Å². The van der Waals surface area contributed by atoms with E-state index in [0.717, 1.165) is 27.7 Å². The van der Waals surface area contributed by atoms with E-state index in [-0.39, 0.29) is 23.4 Å². The van der Waals surface area contributed by atoms with Crippen molar-refractivity contribution in [3.63, 3.8) is 0 Å². The maximum atomic E-state index is 15.1. The molecule has 0 radical (unpaired) electrons. The summed E-state index contributed by atoms with van der Waals surface area (Å²) < 4.78 is 23.1. The number of nitrogens with zero attached hydrogens (tertiary/aromatic N) is 5. The number of nitrogens with one attached hydrogen (secondary N) is 1. The van der Waals surface area contributed by atoms with E-state index >= 15 is 4.39 Å². The summed E-state index contributed by atoms with van der Waals surface area (Å²) in [4.78, 5) is 17.1. The molecule has 3 heterocycles. The summed E-state index contributed by atoms with van der Waals surface area (Å²) in [6, 6.07) is 12.4. The van der Waals surface area contributed by atoms with Crippen LogP contribution >= 0.6 is 0 Å². The molecule has 39 heavy (non-hydrogen) atoms. The average molecular weight is 525 g/mol. The average Bonchev–Trinajstić information content (AvgIpc) is 3.36. The molecule has 1 N–H and O–H groups in total. The highest BCUT2D eigenvalue weighted by Gasteiger charge is 2.17. The topological polar surface area (TPSA) is 94.8 Å². The summed E-state index contributed by atoms with van der Waals surface area (Å²) in [5.41, 5.74) is 4.71. The molecule has 0 bridgehead atoms. The van der Waals surface area contributed by atoms with Crippen LogP contribution in [0.15, 0.2) is 67.3 Å². The minimum atomic E-state index is -0.523. The Balaban J connectivity index is 1.37. The van der Waals surface area contributed by atoms with E-state index in [0.29, 0.717) is 22.7 Å². The van der Waals surface area contributed by atoms with Gasteiger partial charge in [0.1, 0.15) is 17.3 Å². The van der Waals surface area contributed by atoms with Crippen LogP contribution in [0.4, 0.5) is 10.1 Å². The lowest BCUT2D eigenvalue weighted by Crippen LogP contribution is -2.22. The van der Waals surface area contributed by atoms with Gasteiger partial charge in [-0.15, -0.1) is 0 Å². The summed E-state index contributed by atoms with van der Waals surface area (Å²) in [7, 11) is 0. The van der Waals surface area contributed by atoms with E-state index in [1.54, 1.807) is 41.6 Å². The first kappa shape index (κ1) is 26.0. The van der Waals surface area contributed by atoms with Crippen molar-refractivity contribution < 1.29 is 13.9 Å². The summed E-state index contributed by atoms with van der Waals surface area (Å²) >= 11 is 0. The molecular formula is C30H29FN6O2. The number of amides is 1. The van der Waals surface area contributed by atoms with Gasteiger partial charge in [0.2, 0.25) is 5.91 Å². The molecular weight excluding hydrogens is 495 g/mol. The number of carbonyl (C=O) groups excluding carboxylic acids is 1. The molecule has 5 aromatic rings. The second-order valence-corrected chi connectivity index (χ2v) is 10.5. The number of fused-ring (bicyclic) bond motifs is 1. The van der Waals surface area contributed by atoms with Crippen molar-refractivity contribution in [2.24, 2.45) is 0 Å². The van der Waals surface area contributed by atoms with Gasteiger partial charge in [-0.1, -0.05) is 6.07 Å². The van der Waals surface area contributed by atoms with Crippen LogP contribution in [0.25, 0.3) is 22.2 Å². The highest BCUT2D eigenvalue weighted by atomic mass is 19.1. The Morgan fingerprint density at radius 2 is 1.85 bits per heavy atom. The number of halogens is 1. The lowest BCUT2D eigenvalue weighted by Gasteiger charge is -2.18. The largest absolute Gasteiger partial charge is 0.456 e. The molecule has 1 amide bonds. The zero-order valence-corrected chi connectivity index (χ0v) is 22.5. The van der Waals surface area contributed by atoms with Gasteiger partial charge in [-0.25, -0.2) is 4.39 Å². The van der Waals surface area contributed by atoms with Crippen molar-refractivity contribution in [3.05, 3.63) is 89.8 Å². The number of pyridine rings is 1. The van der Waals surface area contributed by atoms with Crippen molar-refractivity contribution >= 4 is 22.5 Å². The SMILES string of the molecule is Cc1cc(CC(=O)Nc2cnn(C(C)(C)C)c2)c(F)cc1Oc1ccnc2ccc(-c3nnccc3C)cc12. The number of hydrogen-bond acceptors (Lipinski definition) is 6. The predicted molar refractivity (Wildman–Crippen MR) is 148 cm³/mol. The van der Waals surface area contributed by atoms with Crippen LogP contribution < -0.4 is 10.1 Å². The molecule has 3 aromatic heterocycles. The highest BCUT2D eigenvalue weighted by Crippen LogP contribution is 2.34. The minimum Gasteiger partial charge on any atom is -0.456 e. The van der Waals surface area contributed by atoms with Gasteiger partial charge in [0.15, 0.2) is 0 Å². The number of rotatable bonds is 6. The molecule has 0 aliphatic rings. The predicted octanol–water partition coefficient (Wildman–Crippen LogP) is 6.37. The monoisotopic (exact) mass is 524 g/mol. The Morgan fingerprint density at radius 3 is 2.59 bits per heavy atom. The van der Waals surface area contributed by atoms with Crippen LogP contribution in [0.1, 0.15) is 37.5 Å². The van der Waals surface area contributed by atoms with Gasteiger partial charge >= 0.3 is 0 Å². The summed E-state index contributed by atoms with van der Waals surface area (Å²) in [5.74, 6) is 0.0386. The zero-order chi connectivity index (χ0) is 27.7. The van der Waals surface area contributed by atoms with Crippen molar-refractivity contribution in [2.45, 2.75) is 46.6 Å². The van der Waals surface area contributed by atoms with Crippen molar-refractivity contribution in [1.82, 2.24) is 25.0 Å². The normalized spacial score (nSPS) is 11.5. The molecule has 0 fully saturated rings. The quantitative estimate of drug-likeness (QED) is 0.277. The molecule has 5 rings (SSSR count). The van der Waals surface area contributed by atoms with E-state index in [1.807, 2.05) is 58.9 Å². The van der Waals surface area contributed by atoms with Crippen LogP contribution in [-0.4, -0.2) is 30.9 Å². The Bertz CT molecular complexity index is 1690. The maximum absolute atomic E-state index is 15.1. The smallest absolute Gasteiger partial charge is 0.228 e. The third-order valence-corrected chi connectivity index (χ3v) is 6.37. The molecule has 198 valence electrons. The van der Waals surface area contributed by atoms with Crippen LogP contribution in [0.2, 0.25) is 0 Å². The summed E-state index contributed by atoms with van der Waals surface area (Å²) in [6.07, 6.45) is 6.52. The molecule has 0 spiro atoms. The fraction of sp³-hybridized carbons (Fsp3) is 0.233. The summed E-state index contributed by atoms with van der Waals surface area (Å²) in [6.45, 7) is 9.84. The van der Waals surface area contributed by atoms with E-state index < -0.39 is 5.82 Å². The molecule has 0 unspecified atom stereocenters. The van der Waals surface area contributed by atoms with E-state index in [9.17, 15) is 4.79 Å². The number of aromatic nitrogens is 5.